The molecular weight excluding hydrogens is 429 g/mol. The lowest BCUT2D eigenvalue weighted by Crippen LogP contribution is -1.87. The van der Waals surface area contributed by atoms with Crippen molar-refractivity contribution in [1.82, 2.24) is 0 Å². The molecule has 3 heteroatoms. The van der Waals surface area contributed by atoms with E-state index in [-0.39, 0.29) is 5.56 Å². The van der Waals surface area contributed by atoms with E-state index in [0.29, 0.717) is 21.9 Å². The molecule has 4 aromatic carbocycles. The topological polar surface area (TPSA) is 0 Å². The number of rotatable bonds is 4. The Kier molecular flexibility index (Phi) is 7.36. The summed E-state index contributed by atoms with van der Waals surface area (Å²) in [6, 6.07) is 20.2. The van der Waals surface area contributed by atoms with Crippen LogP contribution in [-0.2, 0) is 6.42 Å². The third kappa shape index (κ3) is 5.89. The second-order valence-corrected chi connectivity index (χ2v) is 8.18. The Morgan fingerprint density at radius 1 is 0.559 bits per heavy atom. The highest BCUT2D eigenvalue weighted by Crippen LogP contribution is 2.20. The molecule has 0 unspecified atom stereocenters. The zero-order chi connectivity index (χ0) is 23.9. The first kappa shape index (κ1) is 23.2. The summed E-state index contributed by atoms with van der Waals surface area (Å²) in [5.41, 5.74) is 3.58. The molecule has 4 aromatic rings. The van der Waals surface area contributed by atoms with Crippen molar-refractivity contribution in [2.24, 2.45) is 0 Å². The van der Waals surface area contributed by atoms with Crippen LogP contribution in [0.15, 0.2) is 72.8 Å². The number of aryl methyl sites for hydroxylation is 1. The van der Waals surface area contributed by atoms with Crippen molar-refractivity contribution in [3.63, 3.8) is 0 Å². The lowest BCUT2D eigenvalue weighted by atomic mass is 10.0. The SMILES string of the molecule is CCCCCc1ccc(C#Cc2ccc(C#Cc3ccc4cc(F)c(F)cc4c3)c(F)c2)cc1. The van der Waals surface area contributed by atoms with E-state index in [1.807, 2.05) is 12.1 Å². The van der Waals surface area contributed by atoms with Crippen LogP contribution in [0.5, 0.6) is 0 Å². The smallest absolute Gasteiger partial charge is 0.159 e. The molecule has 4 rings (SSSR count). The minimum Gasteiger partial charge on any atom is -0.206 e. The number of hydrogen-bond donors (Lipinski definition) is 0. The van der Waals surface area contributed by atoms with E-state index in [0.717, 1.165) is 24.1 Å². The summed E-state index contributed by atoms with van der Waals surface area (Å²) < 4.78 is 41.4. The standard InChI is InChI=1S/C31H23F3/c1-2-3-4-5-22-6-8-23(9-7-22)10-11-25-13-16-26(29(32)19-25)15-12-24-14-17-27-20-30(33)31(34)21-28(27)18-24/h6-9,13-14,16-21H,2-5H2,1H3. The molecule has 168 valence electrons. The van der Waals surface area contributed by atoms with Gasteiger partial charge in [0.1, 0.15) is 5.82 Å². The summed E-state index contributed by atoms with van der Waals surface area (Å²) in [4.78, 5) is 0. The normalized spacial score (nSPS) is 10.4. The Morgan fingerprint density at radius 3 is 1.91 bits per heavy atom. The van der Waals surface area contributed by atoms with Crippen LogP contribution in [0.3, 0.4) is 0 Å². The number of unbranched alkanes of at least 4 members (excludes halogenated alkanes) is 2. The molecule has 0 aliphatic carbocycles. The molecule has 34 heavy (non-hydrogen) atoms. The van der Waals surface area contributed by atoms with Crippen molar-refractivity contribution in [3.8, 4) is 23.7 Å². The highest BCUT2D eigenvalue weighted by Gasteiger charge is 2.04. The molecule has 0 fully saturated rings. The molecule has 0 radical (unpaired) electrons. The van der Waals surface area contributed by atoms with Crippen LogP contribution in [0.2, 0.25) is 0 Å². The van der Waals surface area contributed by atoms with Crippen molar-refractivity contribution in [2.45, 2.75) is 32.6 Å². The third-order valence-electron chi connectivity index (χ3n) is 5.56. The van der Waals surface area contributed by atoms with Crippen molar-refractivity contribution in [3.05, 3.63) is 118 Å². The fourth-order valence-electron chi connectivity index (χ4n) is 3.63. The summed E-state index contributed by atoms with van der Waals surface area (Å²) in [6.45, 7) is 2.19. The maximum atomic E-state index is 14.6. The van der Waals surface area contributed by atoms with Gasteiger partial charge in [-0.15, -0.1) is 0 Å². The minimum absolute atomic E-state index is 0.243. The molecule has 0 spiro atoms. The fraction of sp³-hybridized carbons (Fsp3) is 0.161. The van der Waals surface area contributed by atoms with Crippen LogP contribution in [0, 0.1) is 41.1 Å². The Morgan fingerprint density at radius 2 is 1.18 bits per heavy atom. The average molecular weight is 453 g/mol. The summed E-state index contributed by atoms with van der Waals surface area (Å²) in [7, 11) is 0. The van der Waals surface area contributed by atoms with Crippen LogP contribution in [0.4, 0.5) is 13.2 Å². The van der Waals surface area contributed by atoms with Gasteiger partial charge in [0, 0.05) is 16.7 Å². The highest BCUT2D eigenvalue weighted by molar-refractivity contribution is 5.84. The van der Waals surface area contributed by atoms with E-state index in [1.54, 1.807) is 30.3 Å². The zero-order valence-corrected chi connectivity index (χ0v) is 18.9. The Hall–Kier alpha value is -3.95. The first-order chi connectivity index (χ1) is 16.5. The summed E-state index contributed by atoms with van der Waals surface area (Å²) >= 11 is 0. The maximum absolute atomic E-state index is 14.6. The average Bonchev–Trinajstić information content (AvgIpc) is 2.84. The quantitative estimate of drug-likeness (QED) is 0.219. The second-order valence-electron chi connectivity index (χ2n) is 8.18. The van der Waals surface area contributed by atoms with Gasteiger partial charge in [0.05, 0.1) is 5.56 Å². The summed E-state index contributed by atoms with van der Waals surface area (Å²) in [5, 5.41) is 1.11. The highest BCUT2D eigenvalue weighted by atomic mass is 19.2. The van der Waals surface area contributed by atoms with E-state index in [2.05, 4.69) is 42.7 Å². The van der Waals surface area contributed by atoms with E-state index in [1.165, 1.54) is 30.9 Å². The Bertz CT molecular complexity index is 1440. The van der Waals surface area contributed by atoms with E-state index in [9.17, 15) is 13.2 Å². The van der Waals surface area contributed by atoms with Gasteiger partial charge in [0.25, 0.3) is 0 Å². The molecule has 0 heterocycles. The summed E-state index contributed by atoms with van der Waals surface area (Å²) in [6.07, 6.45) is 4.70. The van der Waals surface area contributed by atoms with Crippen LogP contribution in [0.25, 0.3) is 10.8 Å². The molecule has 0 saturated carbocycles. The van der Waals surface area contributed by atoms with Crippen LogP contribution in [0.1, 0.15) is 54.0 Å². The molecule has 0 nitrogen and oxygen atoms in total. The van der Waals surface area contributed by atoms with Crippen molar-refractivity contribution >= 4 is 10.8 Å². The van der Waals surface area contributed by atoms with Gasteiger partial charge >= 0.3 is 0 Å². The lowest BCUT2D eigenvalue weighted by Gasteiger charge is -2.01. The van der Waals surface area contributed by atoms with Gasteiger partial charge in [0.15, 0.2) is 11.6 Å². The van der Waals surface area contributed by atoms with Gasteiger partial charge in [0.2, 0.25) is 0 Å². The van der Waals surface area contributed by atoms with Crippen molar-refractivity contribution < 1.29 is 13.2 Å². The predicted octanol–water partition coefficient (Wildman–Crippen LogP) is 7.79. The minimum atomic E-state index is -0.914. The molecule has 0 saturated heterocycles. The van der Waals surface area contributed by atoms with Gasteiger partial charge in [-0.05, 0) is 83.8 Å². The zero-order valence-electron chi connectivity index (χ0n) is 18.9. The number of halogens is 3. The molecule has 0 amide bonds. The van der Waals surface area contributed by atoms with Crippen LogP contribution in [-0.4, -0.2) is 0 Å². The van der Waals surface area contributed by atoms with E-state index in [4.69, 9.17) is 0 Å². The number of hydrogen-bond acceptors (Lipinski definition) is 0. The van der Waals surface area contributed by atoms with Gasteiger partial charge in [-0.25, -0.2) is 13.2 Å². The van der Waals surface area contributed by atoms with Gasteiger partial charge in [-0.1, -0.05) is 61.6 Å². The molecule has 0 aromatic heterocycles. The van der Waals surface area contributed by atoms with E-state index < -0.39 is 17.5 Å². The van der Waals surface area contributed by atoms with E-state index >= 15 is 0 Å². The molecule has 0 N–H and O–H groups in total. The van der Waals surface area contributed by atoms with Gasteiger partial charge < -0.3 is 0 Å². The molecule has 0 atom stereocenters. The van der Waals surface area contributed by atoms with Crippen molar-refractivity contribution in [1.29, 1.82) is 0 Å². The van der Waals surface area contributed by atoms with Gasteiger partial charge in [-0.3, -0.25) is 0 Å². The maximum Gasteiger partial charge on any atom is 0.159 e. The molecule has 0 bridgehead atoms. The van der Waals surface area contributed by atoms with Crippen LogP contribution < -0.4 is 0 Å². The first-order valence-corrected chi connectivity index (χ1v) is 11.3. The summed E-state index contributed by atoms with van der Waals surface area (Å²) in [5.74, 6) is 9.50. The fourth-order valence-corrected chi connectivity index (χ4v) is 3.63. The Balaban J connectivity index is 1.47. The largest absolute Gasteiger partial charge is 0.206 e. The molecule has 0 aliphatic rings. The molecular formula is C31H23F3. The van der Waals surface area contributed by atoms with Crippen molar-refractivity contribution in [2.75, 3.05) is 0 Å². The third-order valence-corrected chi connectivity index (χ3v) is 5.56. The lowest BCUT2D eigenvalue weighted by molar-refractivity contribution is 0.511. The predicted molar refractivity (Wildman–Crippen MR) is 132 cm³/mol. The molecule has 0 aliphatic heterocycles. The Labute approximate surface area is 198 Å². The second kappa shape index (κ2) is 10.8. The monoisotopic (exact) mass is 452 g/mol. The number of fused-ring (bicyclic) bond motifs is 1. The number of benzene rings is 4. The van der Waals surface area contributed by atoms with Crippen LogP contribution >= 0.6 is 0 Å². The van der Waals surface area contributed by atoms with Gasteiger partial charge in [-0.2, -0.15) is 0 Å². The first-order valence-electron chi connectivity index (χ1n) is 11.3.